The molecule has 0 radical (unpaired) electrons. The van der Waals surface area contributed by atoms with Crippen molar-refractivity contribution in [1.29, 1.82) is 0 Å². The molecule has 0 saturated carbocycles. The number of para-hydroxylation sites is 1. The van der Waals surface area contributed by atoms with Crippen LogP contribution in [0.1, 0.15) is 12.5 Å². The van der Waals surface area contributed by atoms with Gasteiger partial charge in [-0.15, -0.1) is 0 Å². The van der Waals surface area contributed by atoms with Gasteiger partial charge < -0.3 is 4.74 Å². The van der Waals surface area contributed by atoms with Gasteiger partial charge in [-0.05, 0) is 30.7 Å². The van der Waals surface area contributed by atoms with Gasteiger partial charge >= 0.3 is 0 Å². The second-order valence-electron chi connectivity index (χ2n) is 8.17. The van der Waals surface area contributed by atoms with E-state index in [1.807, 2.05) is 41.3 Å². The predicted octanol–water partition coefficient (Wildman–Crippen LogP) is 2.55. The van der Waals surface area contributed by atoms with Crippen molar-refractivity contribution in [2.24, 2.45) is 11.8 Å². The molecule has 6 nitrogen and oxygen atoms in total. The molecule has 2 aromatic carbocycles. The van der Waals surface area contributed by atoms with Crippen molar-refractivity contribution in [2.75, 3.05) is 12.0 Å². The lowest BCUT2D eigenvalue weighted by atomic mass is 9.79. The van der Waals surface area contributed by atoms with E-state index in [9.17, 15) is 14.4 Å². The van der Waals surface area contributed by atoms with E-state index in [0.29, 0.717) is 12.2 Å². The minimum Gasteiger partial charge on any atom is -0.493 e. The molecule has 4 atom stereocenters. The molecular formula is C24H22N2O4. The van der Waals surface area contributed by atoms with Crippen LogP contribution in [0.15, 0.2) is 72.5 Å². The number of anilines is 1. The fourth-order valence-electron chi connectivity index (χ4n) is 5.30. The van der Waals surface area contributed by atoms with Crippen LogP contribution in [-0.4, -0.2) is 41.2 Å². The zero-order valence-corrected chi connectivity index (χ0v) is 16.8. The number of ether oxygens (including phenoxy) is 1. The lowest BCUT2D eigenvalue weighted by molar-refractivity contribution is -0.137. The number of nitrogens with zero attached hydrogens (tertiary/aromatic N) is 2. The number of amides is 2. The van der Waals surface area contributed by atoms with Crippen LogP contribution in [0.25, 0.3) is 0 Å². The molecule has 3 heterocycles. The van der Waals surface area contributed by atoms with Gasteiger partial charge in [-0.3, -0.25) is 19.3 Å². The van der Waals surface area contributed by atoms with Crippen LogP contribution in [-0.2, 0) is 25.7 Å². The number of carbonyl (C=O) groups excluding carboxylic acids is 3. The molecule has 3 aliphatic rings. The number of ketones is 1. The summed E-state index contributed by atoms with van der Waals surface area (Å²) in [4.78, 5) is 43.7. The molecule has 2 aromatic rings. The van der Waals surface area contributed by atoms with Crippen molar-refractivity contribution in [1.82, 2.24) is 4.90 Å². The molecule has 2 bridgehead atoms. The number of fused-ring (bicyclic) bond motifs is 5. The van der Waals surface area contributed by atoms with Crippen LogP contribution in [0.5, 0.6) is 0 Å². The molecule has 0 N–H and O–H groups in total. The molecule has 152 valence electrons. The fraction of sp³-hybridized carbons (Fsp3) is 0.292. The van der Waals surface area contributed by atoms with Crippen molar-refractivity contribution in [2.45, 2.75) is 25.0 Å². The van der Waals surface area contributed by atoms with Gasteiger partial charge in [0.05, 0.1) is 30.2 Å². The largest absolute Gasteiger partial charge is 0.493 e. The number of benzene rings is 2. The minimum absolute atomic E-state index is 0.230. The number of rotatable bonds is 4. The third-order valence-electron chi connectivity index (χ3n) is 6.72. The van der Waals surface area contributed by atoms with Crippen molar-refractivity contribution < 1.29 is 19.1 Å². The second kappa shape index (κ2) is 6.64. The maximum Gasteiger partial charge on any atom is 0.240 e. The van der Waals surface area contributed by atoms with E-state index in [0.717, 1.165) is 5.56 Å². The Morgan fingerprint density at radius 3 is 2.20 bits per heavy atom. The molecule has 0 aromatic heterocycles. The highest BCUT2D eigenvalue weighted by Crippen LogP contribution is 2.54. The zero-order valence-electron chi connectivity index (χ0n) is 16.8. The first-order valence-corrected chi connectivity index (χ1v) is 10.0. The standard InChI is InChI=1S/C24H22N2O4/c1-24-20-19(22(28)26(23(20)29)16-11-7-4-8-12-16)17(13-18(30-2)21(24)27)25(24)14-15-9-5-3-6-10-15/h3-13,17,19-20H,14H2,1-2H3. The topological polar surface area (TPSA) is 66.9 Å². The van der Waals surface area contributed by atoms with E-state index in [1.165, 1.54) is 12.0 Å². The highest BCUT2D eigenvalue weighted by atomic mass is 16.5. The maximum absolute atomic E-state index is 13.5. The van der Waals surface area contributed by atoms with Crippen molar-refractivity contribution in [3.8, 4) is 0 Å². The molecular weight excluding hydrogens is 380 g/mol. The molecule has 0 aliphatic carbocycles. The molecule has 4 unspecified atom stereocenters. The molecule has 6 heteroatoms. The molecule has 30 heavy (non-hydrogen) atoms. The van der Waals surface area contributed by atoms with Gasteiger partial charge in [0.25, 0.3) is 0 Å². The van der Waals surface area contributed by atoms with E-state index < -0.39 is 23.4 Å². The Kier molecular flexibility index (Phi) is 4.15. The van der Waals surface area contributed by atoms with Gasteiger partial charge in [0.2, 0.25) is 17.6 Å². The lowest BCUT2D eigenvalue weighted by Gasteiger charge is -2.42. The number of hydrogen-bond acceptors (Lipinski definition) is 5. The molecule has 2 fully saturated rings. The molecule has 2 saturated heterocycles. The summed E-state index contributed by atoms with van der Waals surface area (Å²) in [6.07, 6.45) is 1.72. The van der Waals surface area contributed by atoms with Crippen LogP contribution >= 0.6 is 0 Å². The SMILES string of the molecule is COC1=CC2C3C(=O)N(c4ccccc4)C(=O)C3C(C)(C1=O)N2Cc1ccccc1. The van der Waals surface area contributed by atoms with Crippen molar-refractivity contribution >= 4 is 23.3 Å². The Hall–Kier alpha value is -3.25. The average Bonchev–Trinajstić information content (AvgIpc) is 3.13. The van der Waals surface area contributed by atoms with Crippen LogP contribution in [0.4, 0.5) is 5.69 Å². The third kappa shape index (κ3) is 2.37. The molecule has 0 spiro atoms. The smallest absolute Gasteiger partial charge is 0.240 e. The van der Waals surface area contributed by atoms with E-state index in [-0.39, 0.29) is 23.4 Å². The van der Waals surface area contributed by atoms with E-state index in [2.05, 4.69) is 0 Å². The van der Waals surface area contributed by atoms with Gasteiger partial charge in [0.1, 0.15) is 0 Å². The fourth-order valence-corrected chi connectivity index (χ4v) is 5.30. The summed E-state index contributed by atoms with van der Waals surface area (Å²) in [7, 11) is 1.45. The quantitative estimate of drug-likeness (QED) is 0.736. The van der Waals surface area contributed by atoms with Crippen LogP contribution in [0.3, 0.4) is 0 Å². The highest BCUT2D eigenvalue weighted by Gasteiger charge is 2.71. The number of imide groups is 1. The lowest BCUT2D eigenvalue weighted by Crippen LogP contribution is -2.58. The third-order valence-corrected chi connectivity index (χ3v) is 6.72. The van der Waals surface area contributed by atoms with Crippen LogP contribution < -0.4 is 4.90 Å². The summed E-state index contributed by atoms with van der Waals surface area (Å²) in [5.74, 6) is -1.98. The van der Waals surface area contributed by atoms with E-state index in [4.69, 9.17) is 4.74 Å². The summed E-state index contributed by atoms with van der Waals surface area (Å²) < 4.78 is 5.34. The summed E-state index contributed by atoms with van der Waals surface area (Å²) >= 11 is 0. The van der Waals surface area contributed by atoms with Gasteiger partial charge in [-0.1, -0.05) is 48.5 Å². The van der Waals surface area contributed by atoms with Gasteiger partial charge in [0.15, 0.2) is 5.76 Å². The summed E-state index contributed by atoms with van der Waals surface area (Å²) in [6.45, 7) is 2.25. The number of hydrogen-bond donors (Lipinski definition) is 0. The number of Topliss-reactive ketones (excluding diaryl/α,β-unsaturated/α-hetero) is 1. The summed E-state index contributed by atoms with van der Waals surface area (Å²) in [6, 6.07) is 18.3. The molecule has 3 aliphatic heterocycles. The Labute approximate surface area is 174 Å². The number of methoxy groups -OCH3 is 1. The zero-order chi connectivity index (χ0) is 21.0. The predicted molar refractivity (Wildman–Crippen MR) is 110 cm³/mol. The first-order valence-electron chi connectivity index (χ1n) is 10.0. The summed E-state index contributed by atoms with van der Waals surface area (Å²) in [5, 5.41) is 0. The highest BCUT2D eigenvalue weighted by molar-refractivity contribution is 6.25. The van der Waals surface area contributed by atoms with Crippen molar-refractivity contribution in [3.05, 3.63) is 78.1 Å². The van der Waals surface area contributed by atoms with Crippen molar-refractivity contribution in [3.63, 3.8) is 0 Å². The Bertz CT molecular complexity index is 1070. The first-order chi connectivity index (χ1) is 14.5. The van der Waals surface area contributed by atoms with E-state index in [1.54, 1.807) is 37.3 Å². The van der Waals surface area contributed by atoms with Gasteiger partial charge in [-0.2, -0.15) is 0 Å². The summed E-state index contributed by atoms with van der Waals surface area (Å²) in [5.41, 5.74) is 0.416. The molecule has 5 rings (SSSR count). The van der Waals surface area contributed by atoms with Gasteiger partial charge in [-0.25, -0.2) is 4.90 Å². The monoisotopic (exact) mass is 402 g/mol. The number of carbonyl (C=O) groups is 3. The van der Waals surface area contributed by atoms with Crippen LogP contribution in [0, 0.1) is 11.8 Å². The average molecular weight is 402 g/mol. The Morgan fingerprint density at radius 1 is 0.933 bits per heavy atom. The van der Waals surface area contributed by atoms with E-state index >= 15 is 0 Å². The minimum atomic E-state index is -1.15. The Balaban J connectivity index is 1.62. The van der Waals surface area contributed by atoms with Gasteiger partial charge in [0, 0.05) is 12.6 Å². The van der Waals surface area contributed by atoms with Crippen LogP contribution in [0.2, 0.25) is 0 Å². The maximum atomic E-state index is 13.5. The Morgan fingerprint density at radius 2 is 1.57 bits per heavy atom. The normalized spacial score (nSPS) is 30.5. The second-order valence-corrected chi connectivity index (χ2v) is 8.17. The first kappa shape index (κ1) is 18.8. The molecule has 2 amide bonds.